The van der Waals surface area contributed by atoms with Crippen LogP contribution in [0.1, 0.15) is 41.1 Å². The molecule has 6 heteroatoms. The Morgan fingerprint density at radius 3 is 2.77 bits per heavy atom. The van der Waals surface area contributed by atoms with Crippen LogP contribution in [-0.4, -0.2) is 13.7 Å². The van der Waals surface area contributed by atoms with Crippen molar-refractivity contribution in [2.75, 3.05) is 0 Å². The molecule has 1 N–H and O–H groups in total. The Hall–Kier alpha value is -1.37. The van der Waals surface area contributed by atoms with E-state index in [1.165, 1.54) is 11.6 Å². The third-order valence-corrected chi connectivity index (χ3v) is 5.16. The number of aromatic nitrogens is 1. The normalized spacial score (nSPS) is 16.3. The van der Waals surface area contributed by atoms with Crippen LogP contribution in [-0.2, 0) is 16.8 Å². The monoisotopic (exact) mass is 337 g/mol. The van der Waals surface area contributed by atoms with Gasteiger partial charge in [-0.2, -0.15) is 0 Å². The average molecular weight is 337 g/mol. The van der Waals surface area contributed by atoms with Crippen molar-refractivity contribution in [3.8, 4) is 0 Å². The van der Waals surface area contributed by atoms with Gasteiger partial charge in [-0.15, -0.1) is 11.3 Å². The molecule has 0 spiro atoms. The molecule has 1 heterocycles. The first-order chi connectivity index (χ1) is 10.5. The highest BCUT2D eigenvalue weighted by Gasteiger charge is 2.20. The van der Waals surface area contributed by atoms with Crippen LogP contribution >= 0.6 is 11.3 Å². The van der Waals surface area contributed by atoms with Crippen molar-refractivity contribution in [2.45, 2.75) is 31.9 Å². The first-order valence-electron chi connectivity index (χ1n) is 7.05. The van der Waals surface area contributed by atoms with Crippen molar-refractivity contribution in [2.24, 2.45) is 0 Å². The van der Waals surface area contributed by atoms with Gasteiger partial charge in [0, 0.05) is 10.9 Å². The first-order valence-corrected chi connectivity index (χ1v) is 9.21. The molecule has 0 amide bonds. The number of aryl methyl sites for hydroxylation is 1. The molecule has 22 heavy (non-hydrogen) atoms. The fourth-order valence-corrected chi connectivity index (χ4v) is 3.96. The number of nitrogens with zero attached hydrogens (tertiary/aromatic N) is 1. The van der Waals surface area contributed by atoms with Gasteiger partial charge in [0.1, 0.15) is 5.82 Å². The van der Waals surface area contributed by atoms with Crippen LogP contribution in [0.5, 0.6) is 0 Å². The summed E-state index contributed by atoms with van der Waals surface area (Å²) in [5.74, 6) is -0.600. The second-order valence-corrected chi connectivity index (χ2v) is 7.33. The van der Waals surface area contributed by atoms with Gasteiger partial charge in [0.05, 0.1) is 16.5 Å². The molecule has 0 saturated carbocycles. The van der Waals surface area contributed by atoms with E-state index in [1.807, 2.05) is 13.0 Å². The maximum absolute atomic E-state index is 14.1. The lowest BCUT2D eigenvalue weighted by molar-refractivity contribution is 0.559. The molecule has 1 aromatic heterocycles. The van der Waals surface area contributed by atoms with Crippen LogP contribution in [0.4, 0.5) is 4.39 Å². The highest BCUT2D eigenvalue weighted by Crippen LogP contribution is 2.40. The van der Waals surface area contributed by atoms with Gasteiger partial charge in [-0.3, -0.25) is 0 Å². The van der Waals surface area contributed by atoms with Gasteiger partial charge in [0.25, 0.3) is 0 Å². The molecule has 1 aromatic carbocycles. The Kier molecular flexibility index (Phi) is 4.52. The molecule has 3 rings (SSSR count). The topological polar surface area (TPSA) is 50.2 Å². The van der Waals surface area contributed by atoms with Crippen LogP contribution < -0.4 is 0 Å². The fourth-order valence-electron chi connectivity index (χ4n) is 2.83. The van der Waals surface area contributed by atoms with E-state index < -0.39 is 16.9 Å². The third kappa shape index (κ3) is 3.19. The summed E-state index contributed by atoms with van der Waals surface area (Å²) in [5.41, 5.74) is 4.46. The minimum atomic E-state index is -2.03. The van der Waals surface area contributed by atoms with Crippen LogP contribution in [0.2, 0.25) is 0 Å². The van der Waals surface area contributed by atoms with Gasteiger partial charge in [-0.1, -0.05) is 12.1 Å². The van der Waals surface area contributed by atoms with E-state index in [0.717, 1.165) is 41.1 Å². The summed E-state index contributed by atoms with van der Waals surface area (Å²) in [5, 5.41) is 3.08. The van der Waals surface area contributed by atoms with Gasteiger partial charge in [0.15, 0.2) is 11.1 Å². The van der Waals surface area contributed by atoms with Crippen molar-refractivity contribution in [3.63, 3.8) is 0 Å². The third-order valence-electron chi connectivity index (χ3n) is 3.83. The number of thiazole rings is 1. The molecule has 116 valence electrons. The van der Waals surface area contributed by atoms with E-state index in [1.54, 1.807) is 17.4 Å². The summed E-state index contributed by atoms with van der Waals surface area (Å²) in [6.07, 6.45) is 2.92. The number of benzene rings is 1. The zero-order valence-corrected chi connectivity index (χ0v) is 13.8. The molecule has 0 bridgehead atoms. The summed E-state index contributed by atoms with van der Waals surface area (Å²) in [6.45, 7) is 1.98. The zero-order valence-electron chi connectivity index (χ0n) is 12.1. The highest BCUT2D eigenvalue weighted by molar-refractivity contribution is 7.78. The van der Waals surface area contributed by atoms with Gasteiger partial charge in [-0.05, 0) is 49.0 Å². The van der Waals surface area contributed by atoms with E-state index in [4.69, 9.17) is 4.55 Å². The van der Waals surface area contributed by atoms with E-state index in [2.05, 4.69) is 10.4 Å². The Balaban J connectivity index is 1.99. The lowest BCUT2D eigenvalue weighted by Gasteiger charge is -2.08. The van der Waals surface area contributed by atoms with Crippen molar-refractivity contribution in [1.82, 2.24) is 4.98 Å². The molecule has 0 radical (unpaired) electrons. The molecular weight excluding hydrogens is 321 g/mol. The van der Waals surface area contributed by atoms with Crippen molar-refractivity contribution >= 4 is 33.6 Å². The summed E-state index contributed by atoms with van der Waals surface area (Å²) >= 11 is -0.410. The highest BCUT2D eigenvalue weighted by atomic mass is 32.2. The second-order valence-electron chi connectivity index (χ2n) is 5.33. The minimum Gasteiger partial charge on any atom is -0.306 e. The standard InChI is InChI=1S/C16H16FNO2S2/c1-10-18-16(8-21-10)14-4-2-3-13(14)11-5-6-12(9-22(19)20)15(17)7-11/h5-8H,2-4,9H2,1H3,(H,19,20). The average Bonchev–Trinajstić information content (AvgIpc) is 3.09. The molecule has 1 atom stereocenters. The molecule has 1 aliphatic rings. The number of hydrogen-bond donors (Lipinski definition) is 1. The van der Waals surface area contributed by atoms with Gasteiger partial charge in [0.2, 0.25) is 0 Å². The van der Waals surface area contributed by atoms with Crippen LogP contribution in [0, 0.1) is 12.7 Å². The molecule has 2 aromatic rings. The maximum atomic E-state index is 14.1. The van der Waals surface area contributed by atoms with E-state index in [0.29, 0.717) is 0 Å². The quantitative estimate of drug-likeness (QED) is 0.841. The molecule has 1 aliphatic carbocycles. The molecule has 3 nitrogen and oxygen atoms in total. The van der Waals surface area contributed by atoms with E-state index >= 15 is 0 Å². The van der Waals surface area contributed by atoms with Crippen LogP contribution in [0.3, 0.4) is 0 Å². The van der Waals surface area contributed by atoms with Crippen molar-refractivity contribution < 1.29 is 13.2 Å². The van der Waals surface area contributed by atoms with Gasteiger partial charge >= 0.3 is 0 Å². The number of rotatable bonds is 4. The molecule has 0 saturated heterocycles. The Morgan fingerprint density at radius 1 is 1.36 bits per heavy atom. The minimum absolute atomic E-state index is 0.177. The van der Waals surface area contributed by atoms with Crippen LogP contribution in [0.15, 0.2) is 23.6 Å². The van der Waals surface area contributed by atoms with Crippen molar-refractivity contribution in [1.29, 1.82) is 0 Å². The Morgan fingerprint density at radius 2 is 2.14 bits per heavy atom. The second kappa shape index (κ2) is 6.40. The number of allylic oxidation sites excluding steroid dienone is 2. The predicted octanol–water partition coefficient (Wildman–Crippen LogP) is 4.41. The largest absolute Gasteiger partial charge is 0.306 e. The van der Waals surface area contributed by atoms with Gasteiger partial charge < -0.3 is 4.55 Å². The Labute approximate surface area is 135 Å². The zero-order chi connectivity index (χ0) is 15.7. The van der Waals surface area contributed by atoms with Crippen molar-refractivity contribution in [3.05, 3.63) is 51.2 Å². The molecule has 1 unspecified atom stereocenters. The fraction of sp³-hybridized carbons (Fsp3) is 0.312. The first kappa shape index (κ1) is 15.5. The smallest absolute Gasteiger partial charge is 0.157 e. The number of hydrogen-bond acceptors (Lipinski definition) is 3. The summed E-state index contributed by atoms with van der Waals surface area (Å²) in [7, 11) is 0. The molecule has 0 fully saturated rings. The van der Waals surface area contributed by atoms with Crippen LogP contribution in [0.25, 0.3) is 11.1 Å². The molecule has 0 aliphatic heterocycles. The summed E-state index contributed by atoms with van der Waals surface area (Å²) in [4.78, 5) is 4.54. The van der Waals surface area contributed by atoms with E-state index in [-0.39, 0.29) is 11.3 Å². The SMILES string of the molecule is Cc1nc(C2=C(c3ccc(CS(=O)O)c(F)c3)CCC2)cs1. The van der Waals surface area contributed by atoms with E-state index in [9.17, 15) is 8.60 Å². The summed E-state index contributed by atoms with van der Waals surface area (Å²) < 4.78 is 33.8. The number of halogens is 1. The molecular formula is C16H16FNO2S2. The lowest BCUT2D eigenvalue weighted by Crippen LogP contribution is -1.98. The lowest BCUT2D eigenvalue weighted by atomic mass is 9.99. The summed E-state index contributed by atoms with van der Waals surface area (Å²) in [6, 6.07) is 4.92. The Bertz CT molecular complexity index is 767. The maximum Gasteiger partial charge on any atom is 0.157 e. The van der Waals surface area contributed by atoms with Gasteiger partial charge in [-0.25, -0.2) is 13.6 Å². The predicted molar refractivity (Wildman–Crippen MR) is 88.4 cm³/mol.